The van der Waals surface area contributed by atoms with Gasteiger partial charge in [0.1, 0.15) is 5.75 Å². The fourth-order valence-corrected chi connectivity index (χ4v) is 4.02. The van der Waals surface area contributed by atoms with Crippen molar-refractivity contribution in [2.75, 3.05) is 7.11 Å². The number of benzene rings is 3. The largest absolute Gasteiger partial charge is 0.495 e. The summed E-state index contributed by atoms with van der Waals surface area (Å²) in [6.07, 6.45) is 0. The van der Waals surface area contributed by atoms with Crippen molar-refractivity contribution in [3.05, 3.63) is 97.4 Å². The Morgan fingerprint density at radius 1 is 0.939 bits per heavy atom. The summed E-state index contributed by atoms with van der Waals surface area (Å²) in [6, 6.07) is 20.7. The smallest absolute Gasteiger partial charge is 0.290 e. The van der Waals surface area contributed by atoms with Gasteiger partial charge in [-0.3, -0.25) is 9.36 Å². The minimum absolute atomic E-state index is 0.0160. The predicted molar refractivity (Wildman–Crippen MR) is 134 cm³/mol. The first-order valence-electron chi connectivity index (χ1n) is 9.59. The number of nitrogens with zero attached hydrogens (tertiary/aromatic N) is 4. The number of halogens is 2. The van der Waals surface area contributed by atoms with E-state index in [1.807, 2.05) is 0 Å². The van der Waals surface area contributed by atoms with Gasteiger partial charge in [0.15, 0.2) is 4.77 Å². The maximum Gasteiger partial charge on any atom is 0.290 e. The lowest BCUT2D eigenvalue weighted by molar-refractivity contribution is 0.410. The van der Waals surface area contributed by atoms with Gasteiger partial charge >= 0.3 is 0 Å². The third kappa shape index (κ3) is 4.47. The van der Waals surface area contributed by atoms with E-state index in [1.54, 1.807) is 72.8 Å². The van der Waals surface area contributed by atoms with Crippen LogP contribution in [0.1, 0.15) is 0 Å². The minimum Gasteiger partial charge on any atom is -0.495 e. The van der Waals surface area contributed by atoms with Crippen molar-refractivity contribution in [3.8, 4) is 23.0 Å². The zero-order chi connectivity index (χ0) is 23.5. The molecule has 0 fully saturated rings. The van der Waals surface area contributed by atoms with Gasteiger partial charge in [0, 0.05) is 4.47 Å². The van der Waals surface area contributed by atoms with Crippen LogP contribution in [0.25, 0.3) is 11.4 Å². The van der Waals surface area contributed by atoms with Crippen LogP contribution < -0.4 is 10.3 Å². The predicted octanol–water partition coefficient (Wildman–Crippen LogP) is 6.90. The van der Waals surface area contributed by atoms with Crippen molar-refractivity contribution < 1.29 is 9.84 Å². The maximum absolute atomic E-state index is 13.5. The molecule has 4 rings (SSSR count). The summed E-state index contributed by atoms with van der Waals surface area (Å²) < 4.78 is 8.79. The van der Waals surface area contributed by atoms with Crippen molar-refractivity contribution in [1.82, 2.24) is 9.13 Å². The summed E-state index contributed by atoms with van der Waals surface area (Å²) in [5, 5.41) is 19.6. The molecule has 0 amide bonds. The Bertz CT molecular complexity index is 1480. The molecule has 1 heterocycles. The minimum atomic E-state index is -0.661. The Morgan fingerprint density at radius 3 is 2.24 bits per heavy atom. The third-order valence-electron chi connectivity index (χ3n) is 4.72. The van der Waals surface area contributed by atoms with Crippen LogP contribution in [0.4, 0.5) is 11.4 Å². The lowest BCUT2D eigenvalue weighted by atomic mass is 10.2. The lowest BCUT2D eigenvalue weighted by Gasteiger charge is -2.18. The monoisotopic (exact) mass is 542 g/mol. The molecule has 4 aromatic rings. The molecule has 0 aliphatic rings. The summed E-state index contributed by atoms with van der Waals surface area (Å²) in [5.41, 5.74) is 0.289. The average molecular weight is 544 g/mol. The molecule has 166 valence electrons. The van der Waals surface area contributed by atoms with Crippen LogP contribution in [-0.4, -0.2) is 21.4 Å². The van der Waals surface area contributed by atoms with E-state index >= 15 is 0 Å². The molecule has 3 aromatic carbocycles. The molecule has 1 aromatic heterocycles. The van der Waals surface area contributed by atoms with E-state index in [1.165, 1.54) is 16.2 Å². The lowest BCUT2D eigenvalue weighted by Crippen LogP contribution is -2.23. The summed E-state index contributed by atoms with van der Waals surface area (Å²) in [6.45, 7) is 0. The zero-order valence-electron chi connectivity index (χ0n) is 17.1. The van der Waals surface area contributed by atoms with Gasteiger partial charge in [-0.2, -0.15) is 5.11 Å². The second-order valence-electron chi connectivity index (χ2n) is 6.73. The number of hydrogen-bond donors (Lipinski definition) is 1. The van der Waals surface area contributed by atoms with Crippen molar-refractivity contribution in [1.29, 1.82) is 0 Å². The van der Waals surface area contributed by atoms with E-state index in [0.717, 1.165) is 4.47 Å². The molecule has 0 saturated carbocycles. The molecule has 33 heavy (non-hydrogen) atoms. The molecule has 0 atom stereocenters. The van der Waals surface area contributed by atoms with Gasteiger partial charge in [0.2, 0.25) is 11.6 Å². The Labute approximate surface area is 207 Å². The summed E-state index contributed by atoms with van der Waals surface area (Å²) in [5.74, 6) is -0.0667. The Morgan fingerprint density at radius 2 is 1.58 bits per heavy atom. The third-order valence-corrected chi connectivity index (χ3v) is 5.94. The molecule has 0 aliphatic carbocycles. The molecular weight excluding hydrogens is 528 g/mol. The van der Waals surface area contributed by atoms with E-state index in [0.29, 0.717) is 27.8 Å². The van der Waals surface area contributed by atoms with Crippen molar-refractivity contribution in [2.24, 2.45) is 10.2 Å². The highest BCUT2D eigenvalue weighted by atomic mass is 79.9. The maximum atomic E-state index is 13.5. The number of aromatic nitrogens is 2. The van der Waals surface area contributed by atoms with Gasteiger partial charge < -0.3 is 9.84 Å². The first-order chi connectivity index (χ1) is 15.9. The number of para-hydroxylation sites is 3. The molecule has 0 saturated heterocycles. The SMILES string of the molecule is COc1ccccc1-n1c(=O)c(N=Nc2ccc(Br)cc2)c(O)n(-c2ccccc2Cl)c1=S. The van der Waals surface area contributed by atoms with Crippen molar-refractivity contribution in [3.63, 3.8) is 0 Å². The second-order valence-corrected chi connectivity index (χ2v) is 8.42. The standard InChI is InChI=1S/C23H16BrClN4O3S/c1-32-19-9-5-4-8-18(19)29-22(31)20(27-26-15-12-10-14(24)11-13-15)21(30)28(23(29)33)17-7-3-2-6-16(17)25/h2-13,30H,1H3. The Kier molecular flexibility index (Phi) is 6.73. The van der Waals surface area contributed by atoms with Gasteiger partial charge in [-0.05, 0) is 60.7 Å². The number of hydrogen-bond acceptors (Lipinski definition) is 6. The van der Waals surface area contributed by atoms with Crippen LogP contribution in [0.3, 0.4) is 0 Å². The highest BCUT2D eigenvalue weighted by Crippen LogP contribution is 2.33. The van der Waals surface area contributed by atoms with Crippen LogP contribution in [0.5, 0.6) is 11.6 Å². The van der Waals surface area contributed by atoms with Gasteiger partial charge in [0.25, 0.3) is 5.56 Å². The highest BCUT2D eigenvalue weighted by Gasteiger charge is 2.22. The van der Waals surface area contributed by atoms with Gasteiger partial charge in [-0.15, -0.1) is 5.11 Å². The molecule has 0 radical (unpaired) electrons. The van der Waals surface area contributed by atoms with E-state index in [-0.39, 0.29) is 10.5 Å². The topological polar surface area (TPSA) is 81.1 Å². The van der Waals surface area contributed by atoms with Gasteiger partial charge in [0.05, 0.1) is 29.2 Å². The average Bonchev–Trinajstić information content (AvgIpc) is 2.81. The molecule has 10 heteroatoms. The first kappa shape index (κ1) is 22.9. The molecule has 1 N–H and O–H groups in total. The van der Waals surface area contributed by atoms with E-state index < -0.39 is 11.4 Å². The van der Waals surface area contributed by atoms with Crippen LogP contribution in [0.2, 0.25) is 5.02 Å². The molecule has 0 spiro atoms. The summed E-state index contributed by atoms with van der Waals surface area (Å²) in [4.78, 5) is 13.5. The summed E-state index contributed by atoms with van der Waals surface area (Å²) in [7, 11) is 1.49. The highest BCUT2D eigenvalue weighted by molar-refractivity contribution is 9.10. The summed E-state index contributed by atoms with van der Waals surface area (Å²) >= 11 is 15.4. The van der Waals surface area contributed by atoms with Crippen LogP contribution in [0, 0.1) is 4.77 Å². The van der Waals surface area contributed by atoms with E-state index in [4.69, 9.17) is 28.6 Å². The molecule has 0 aliphatic heterocycles. The van der Waals surface area contributed by atoms with Gasteiger partial charge in [-0.1, -0.05) is 51.8 Å². The number of azo groups is 1. The van der Waals surface area contributed by atoms with Crippen molar-refractivity contribution >= 4 is 51.1 Å². The molecule has 0 unspecified atom stereocenters. The number of rotatable bonds is 5. The normalized spacial score (nSPS) is 11.1. The number of aromatic hydroxyl groups is 1. The van der Waals surface area contributed by atoms with E-state index in [9.17, 15) is 9.90 Å². The molecular formula is C23H16BrClN4O3S. The van der Waals surface area contributed by atoms with Crippen LogP contribution >= 0.6 is 39.7 Å². The number of ether oxygens (including phenoxy) is 1. The molecule has 0 bridgehead atoms. The Balaban J connectivity index is 2.05. The first-order valence-corrected chi connectivity index (χ1v) is 11.2. The van der Waals surface area contributed by atoms with Crippen LogP contribution in [0.15, 0.2) is 92.3 Å². The zero-order valence-corrected chi connectivity index (χ0v) is 20.3. The van der Waals surface area contributed by atoms with Gasteiger partial charge in [-0.25, -0.2) is 4.57 Å². The fourth-order valence-electron chi connectivity index (χ4n) is 3.17. The van der Waals surface area contributed by atoms with E-state index in [2.05, 4.69) is 26.2 Å². The fraction of sp³-hybridized carbons (Fsp3) is 0.0435. The molecule has 7 nitrogen and oxygen atoms in total. The number of methoxy groups -OCH3 is 1. The van der Waals surface area contributed by atoms with Crippen molar-refractivity contribution in [2.45, 2.75) is 0 Å². The quantitative estimate of drug-likeness (QED) is 0.219. The van der Waals surface area contributed by atoms with Crippen LogP contribution in [-0.2, 0) is 0 Å². The Hall–Kier alpha value is -3.27. The second kappa shape index (κ2) is 9.70.